The van der Waals surface area contributed by atoms with Crippen molar-refractivity contribution in [3.8, 4) is 0 Å². The molecule has 2 rings (SSSR count). The highest BCUT2D eigenvalue weighted by molar-refractivity contribution is 7.99. The van der Waals surface area contributed by atoms with Crippen LogP contribution in [0.15, 0.2) is 42.5 Å². The van der Waals surface area contributed by atoms with Crippen molar-refractivity contribution in [3.05, 3.63) is 48.0 Å². The fourth-order valence-electron chi connectivity index (χ4n) is 2.43. The van der Waals surface area contributed by atoms with E-state index in [-0.39, 0.29) is 5.57 Å². The van der Waals surface area contributed by atoms with Gasteiger partial charge >= 0.3 is 11.9 Å². The summed E-state index contributed by atoms with van der Waals surface area (Å²) in [7, 11) is 1.31. The van der Waals surface area contributed by atoms with Crippen LogP contribution in [0.5, 0.6) is 0 Å². The summed E-state index contributed by atoms with van der Waals surface area (Å²) in [6.45, 7) is 7.61. The van der Waals surface area contributed by atoms with Gasteiger partial charge < -0.3 is 9.47 Å². The summed E-state index contributed by atoms with van der Waals surface area (Å²) in [6.07, 6.45) is -0.575. The Balaban J connectivity index is 2.14. The van der Waals surface area contributed by atoms with Gasteiger partial charge in [-0.15, -0.1) is 11.8 Å². The Morgan fingerprint density at radius 1 is 1.36 bits per heavy atom. The van der Waals surface area contributed by atoms with Gasteiger partial charge in [0.2, 0.25) is 0 Å². The maximum absolute atomic E-state index is 12.0. The van der Waals surface area contributed by atoms with Gasteiger partial charge in [0.1, 0.15) is 12.0 Å². The lowest BCUT2D eigenvalue weighted by molar-refractivity contribution is -0.148. The van der Waals surface area contributed by atoms with Crippen molar-refractivity contribution < 1.29 is 19.1 Å². The van der Waals surface area contributed by atoms with Crippen molar-refractivity contribution in [2.75, 3.05) is 7.11 Å². The van der Waals surface area contributed by atoms with Crippen LogP contribution in [0.25, 0.3) is 0 Å². The fraction of sp³-hybridized carbons (Fsp3) is 0.412. The van der Waals surface area contributed by atoms with Crippen LogP contribution in [0, 0.1) is 5.92 Å². The second kappa shape index (κ2) is 6.57. The molecule has 0 aliphatic carbocycles. The molecule has 0 N–H and O–H groups in total. The molecule has 22 heavy (non-hydrogen) atoms. The highest BCUT2D eigenvalue weighted by Crippen LogP contribution is 2.42. The number of ether oxygens (including phenoxy) is 2. The number of hydrogen-bond donors (Lipinski definition) is 0. The minimum atomic E-state index is -0.740. The quantitative estimate of drug-likeness (QED) is 0.617. The summed E-state index contributed by atoms with van der Waals surface area (Å²) in [6, 6.07) is 10.0. The van der Waals surface area contributed by atoms with Crippen LogP contribution < -0.4 is 0 Å². The van der Waals surface area contributed by atoms with Crippen LogP contribution in [0.2, 0.25) is 0 Å². The topological polar surface area (TPSA) is 52.6 Å². The molecule has 1 fully saturated rings. The van der Waals surface area contributed by atoms with Crippen molar-refractivity contribution in [3.63, 3.8) is 0 Å². The highest BCUT2D eigenvalue weighted by Gasteiger charge is 2.51. The summed E-state index contributed by atoms with van der Waals surface area (Å²) in [5.74, 6) is -0.971. The molecular weight excluding hydrogens is 300 g/mol. The smallest absolute Gasteiger partial charge is 0.334 e. The lowest BCUT2D eigenvalue weighted by atomic mass is 9.90. The Morgan fingerprint density at radius 3 is 2.59 bits per heavy atom. The van der Waals surface area contributed by atoms with E-state index in [1.165, 1.54) is 12.7 Å². The molecule has 0 amide bonds. The van der Waals surface area contributed by atoms with E-state index < -0.39 is 28.7 Å². The molecule has 1 saturated heterocycles. The third kappa shape index (κ3) is 3.35. The second-order valence-electron chi connectivity index (χ2n) is 5.73. The molecule has 1 aliphatic rings. The maximum atomic E-state index is 12.0. The van der Waals surface area contributed by atoms with Crippen molar-refractivity contribution in [1.29, 1.82) is 0 Å². The molecule has 2 atom stereocenters. The fourth-order valence-corrected chi connectivity index (χ4v) is 3.51. The van der Waals surface area contributed by atoms with E-state index in [0.717, 1.165) is 5.75 Å². The van der Waals surface area contributed by atoms with Crippen LogP contribution in [0.1, 0.15) is 19.4 Å². The van der Waals surface area contributed by atoms with Crippen molar-refractivity contribution in [2.24, 2.45) is 5.92 Å². The number of methoxy groups -OCH3 is 1. The first-order valence-electron chi connectivity index (χ1n) is 7.02. The molecule has 0 aromatic heterocycles. The zero-order valence-corrected chi connectivity index (χ0v) is 13.8. The number of rotatable bonds is 5. The molecule has 1 aromatic carbocycles. The minimum Gasteiger partial charge on any atom is -0.468 e. The van der Waals surface area contributed by atoms with E-state index in [1.54, 1.807) is 11.8 Å². The summed E-state index contributed by atoms with van der Waals surface area (Å²) in [5.41, 5.74) is 1.35. The number of carbonyl (C=O) groups excluding carboxylic acids is 2. The maximum Gasteiger partial charge on any atom is 0.334 e. The largest absolute Gasteiger partial charge is 0.468 e. The summed E-state index contributed by atoms with van der Waals surface area (Å²) in [5, 5.41) is 0. The zero-order valence-electron chi connectivity index (χ0n) is 13.0. The van der Waals surface area contributed by atoms with Crippen LogP contribution in [-0.2, 0) is 24.8 Å². The normalized spacial score (nSPS) is 21.6. The predicted molar refractivity (Wildman–Crippen MR) is 86.3 cm³/mol. The first kappa shape index (κ1) is 16.6. The number of cyclic esters (lactones) is 1. The Kier molecular flexibility index (Phi) is 4.96. The van der Waals surface area contributed by atoms with E-state index >= 15 is 0 Å². The van der Waals surface area contributed by atoms with Gasteiger partial charge in [0.05, 0.1) is 7.11 Å². The Bertz CT molecular complexity index is 580. The average Bonchev–Trinajstić information content (AvgIpc) is 2.82. The van der Waals surface area contributed by atoms with Gasteiger partial charge in [-0.2, -0.15) is 0 Å². The lowest BCUT2D eigenvalue weighted by Crippen LogP contribution is -2.41. The van der Waals surface area contributed by atoms with Gasteiger partial charge in [0.15, 0.2) is 0 Å². The molecule has 0 radical (unpaired) electrons. The molecule has 5 heteroatoms. The van der Waals surface area contributed by atoms with Crippen LogP contribution in [-0.4, -0.2) is 29.9 Å². The molecule has 1 heterocycles. The molecule has 1 aliphatic heterocycles. The Morgan fingerprint density at radius 2 is 2.00 bits per heavy atom. The highest BCUT2D eigenvalue weighted by atomic mass is 32.2. The van der Waals surface area contributed by atoms with Gasteiger partial charge in [-0.1, -0.05) is 36.9 Å². The number of esters is 2. The molecule has 0 spiro atoms. The van der Waals surface area contributed by atoms with E-state index in [0.29, 0.717) is 0 Å². The minimum absolute atomic E-state index is 0.172. The Labute approximate surface area is 134 Å². The number of benzene rings is 1. The molecule has 0 bridgehead atoms. The summed E-state index contributed by atoms with van der Waals surface area (Å²) < 4.78 is 9.76. The lowest BCUT2D eigenvalue weighted by Gasteiger charge is -2.32. The second-order valence-corrected chi connectivity index (χ2v) is 7.36. The van der Waals surface area contributed by atoms with E-state index in [2.05, 4.69) is 6.58 Å². The van der Waals surface area contributed by atoms with Gasteiger partial charge in [-0.05, 0) is 19.4 Å². The first-order chi connectivity index (χ1) is 10.4. The third-order valence-electron chi connectivity index (χ3n) is 3.77. The zero-order chi connectivity index (χ0) is 16.3. The van der Waals surface area contributed by atoms with Gasteiger partial charge in [0.25, 0.3) is 0 Å². The molecule has 0 saturated carbocycles. The van der Waals surface area contributed by atoms with E-state index in [4.69, 9.17) is 9.47 Å². The SMILES string of the molecule is C=C1C(=O)OC(C(C)(C)SCc2ccccc2)C1C(=O)OC. The van der Waals surface area contributed by atoms with E-state index in [9.17, 15) is 9.59 Å². The van der Waals surface area contributed by atoms with Crippen LogP contribution in [0.3, 0.4) is 0 Å². The molecule has 118 valence electrons. The molecule has 2 unspecified atom stereocenters. The van der Waals surface area contributed by atoms with Gasteiger partial charge in [0, 0.05) is 16.1 Å². The Hall–Kier alpha value is -1.75. The van der Waals surface area contributed by atoms with Crippen molar-refractivity contribution >= 4 is 23.7 Å². The third-order valence-corrected chi connectivity index (χ3v) is 5.22. The van der Waals surface area contributed by atoms with E-state index in [1.807, 2.05) is 44.2 Å². The van der Waals surface area contributed by atoms with Crippen LogP contribution >= 0.6 is 11.8 Å². The van der Waals surface area contributed by atoms with Gasteiger partial charge in [-0.25, -0.2) is 4.79 Å². The predicted octanol–water partition coefficient (Wildman–Crippen LogP) is 2.97. The first-order valence-corrected chi connectivity index (χ1v) is 8.01. The van der Waals surface area contributed by atoms with Crippen molar-refractivity contribution in [1.82, 2.24) is 0 Å². The number of hydrogen-bond acceptors (Lipinski definition) is 5. The standard InChI is InChI=1S/C17H20O4S/c1-11-13(16(19)20-4)14(21-15(11)18)17(2,3)22-10-12-8-6-5-7-9-12/h5-9,13-14H,1,10H2,2-4H3. The summed E-state index contributed by atoms with van der Waals surface area (Å²) in [4.78, 5) is 23.8. The summed E-state index contributed by atoms with van der Waals surface area (Å²) >= 11 is 1.64. The van der Waals surface area contributed by atoms with Crippen molar-refractivity contribution in [2.45, 2.75) is 30.5 Å². The average molecular weight is 320 g/mol. The molecule has 4 nitrogen and oxygen atoms in total. The molecular formula is C17H20O4S. The monoisotopic (exact) mass is 320 g/mol. The number of thioether (sulfide) groups is 1. The van der Waals surface area contributed by atoms with Gasteiger partial charge in [-0.3, -0.25) is 4.79 Å². The van der Waals surface area contributed by atoms with Crippen LogP contribution in [0.4, 0.5) is 0 Å². The number of carbonyl (C=O) groups is 2. The molecule has 1 aromatic rings.